The van der Waals surface area contributed by atoms with Gasteiger partial charge in [-0.15, -0.1) is 0 Å². The van der Waals surface area contributed by atoms with Crippen LogP contribution in [0.2, 0.25) is 0 Å². The molecule has 3 unspecified atom stereocenters. The van der Waals surface area contributed by atoms with Crippen molar-refractivity contribution in [3.05, 3.63) is 60.7 Å². The molecule has 0 amide bonds. The van der Waals surface area contributed by atoms with E-state index in [1.165, 1.54) is 14.0 Å². The number of methoxy groups -OCH3 is 2. The molecule has 0 aromatic heterocycles. The van der Waals surface area contributed by atoms with E-state index in [0.717, 1.165) is 12.2 Å². The van der Waals surface area contributed by atoms with E-state index in [1.807, 2.05) is 60.7 Å². The van der Waals surface area contributed by atoms with Gasteiger partial charge in [0.2, 0.25) is 0 Å². The van der Waals surface area contributed by atoms with Crippen molar-refractivity contribution in [2.75, 3.05) is 27.4 Å². The molecule has 0 fully saturated rings. The summed E-state index contributed by atoms with van der Waals surface area (Å²) in [7, 11) is 3.02. The van der Waals surface area contributed by atoms with Crippen molar-refractivity contribution in [2.45, 2.75) is 45.3 Å². The topological polar surface area (TPSA) is 108 Å². The number of ketones is 2. The molecule has 0 bridgehead atoms. The first kappa shape index (κ1) is 29.8. The summed E-state index contributed by atoms with van der Waals surface area (Å²) < 4.78 is 21.3. The molecular formula is C27H36O8. The molecule has 35 heavy (non-hydrogen) atoms. The predicted octanol–water partition coefficient (Wildman–Crippen LogP) is 4.21. The highest BCUT2D eigenvalue weighted by atomic mass is 16.5. The first-order valence-electron chi connectivity index (χ1n) is 11.4. The molecule has 0 saturated heterocycles. The summed E-state index contributed by atoms with van der Waals surface area (Å²) in [5.41, 5.74) is 0. The second kappa shape index (κ2) is 17.2. The molecule has 0 aliphatic rings. The zero-order chi connectivity index (χ0) is 26.1. The molecule has 8 heteroatoms. The molecule has 0 heterocycles. The van der Waals surface area contributed by atoms with E-state index < -0.39 is 23.8 Å². The number of para-hydroxylation sites is 2. The highest BCUT2D eigenvalue weighted by Gasteiger charge is 2.32. The molecule has 8 nitrogen and oxygen atoms in total. The van der Waals surface area contributed by atoms with E-state index in [-0.39, 0.29) is 11.9 Å². The minimum Gasteiger partial charge on any atom is -0.493 e. The van der Waals surface area contributed by atoms with Crippen molar-refractivity contribution in [3.63, 3.8) is 0 Å². The van der Waals surface area contributed by atoms with Gasteiger partial charge in [-0.05, 0) is 38.1 Å². The predicted molar refractivity (Wildman–Crippen MR) is 132 cm³/mol. The minimum atomic E-state index is -1.17. The second-order valence-electron chi connectivity index (χ2n) is 7.86. The van der Waals surface area contributed by atoms with Crippen LogP contribution < -0.4 is 9.47 Å². The van der Waals surface area contributed by atoms with Gasteiger partial charge in [0.25, 0.3) is 0 Å². The Labute approximate surface area is 207 Å². The summed E-state index contributed by atoms with van der Waals surface area (Å²) in [6.07, 6.45) is 0.793. The average Bonchev–Trinajstić information content (AvgIpc) is 2.83. The van der Waals surface area contributed by atoms with E-state index in [0.29, 0.717) is 31.8 Å². The lowest BCUT2D eigenvalue weighted by Gasteiger charge is -2.20. The summed E-state index contributed by atoms with van der Waals surface area (Å²) in [5.74, 6) is -1.04. The monoisotopic (exact) mass is 488 g/mol. The Morgan fingerprint density at radius 3 is 1.63 bits per heavy atom. The number of aliphatic carboxylic acids is 1. The van der Waals surface area contributed by atoms with Crippen molar-refractivity contribution >= 4 is 17.5 Å². The standard InChI is InChI=1S/C14H18O5.C13H18O3/c1-10(15)13(14(16)17)12(18-2)8-9-19-11-6-4-3-5-7-11;1-11(14)10-13(15-2)8-9-16-12-6-4-3-5-7-12/h3-7,12-13H,8-9H2,1-2H3,(H,16,17);3-7,13H,8-10H2,1-2H3. The third kappa shape index (κ3) is 12.7. The summed E-state index contributed by atoms with van der Waals surface area (Å²) in [5, 5.41) is 9.02. The van der Waals surface area contributed by atoms with E-state index in [9.17, 15) is 14.4 Å². The van der Waals surface area contributed by atoms with Gasteiger partial charge in [-0.1, -0.05) is 36.4 Å². The zero-order valence-corrected chi connectivity index (χ0v) is 20.8. The zero-order valence-electron chi connectivity index (χ0n) is 20.8. The van der Waals surface area contributed by atoms with Crippen LogP contribution in [0.4, 0.5) is 0 Å². The molecule has 0 saturated carbocycles. The molecule has 2 aromatic rings. The van der Waals surface area contributed by atoms with Crippen LogP contribution in [0.5, 0.6) is 11.5 Å². The van der Waals surface area contributed by atoms with Gasteiger partial charge >= 0.3 is 5.97 Å². The molecular weight excluding hydrogens is 452 g/mol. The first-order chi connectivity index (χ1) is 16.8. The molecule has 0 aliphatic heterocycles. The van der Waals surface area contributed by atoms with Crippen LogP contribution in [-0.2, 0) is 23.9 Å². The molecule has 0 radical (unpaired) electrons. The molecule has 0 spiro atoms. The van der Waals surface area contributed by atoms with Gasteiger partial charge in [0.05, 0.1) is 25.4 Å². The van der Waals surface area contributed by atoms with E-state index in [4.69, 9.17) is 24.1 Å². The number of hydrogen-bond acceptors (Lipinski definition) is 7. The number of carboxylic acids is 1. The fourth-order valence-corrected chi connectivity index (χ4v) is 3.27. The van der Waals surface area contributed by atoms with Gasteiger partial charge in [0, 0.05) is 33.5 Å². The summed E-state index contributed by atoms with van der Waals surface area (Å²) in [4.78, 5) is 33.3. The molecule has 2 aromatic carbocycles. The number of ether oxygens (including phenoxy) is 4. The fraction of sp³-hybridized carbons (Fsp3) is 0.444. The fourth-order valence-electron chi connectivity index (χ4n) is 3.27. The second-order valence-corrected chi connectivity index (χ2v) is 7.86. The van der Waals surface area contributed by atoms with Crippen LogP contribution >= 0.6 is 0 Å². The van der Waals surface area contributed by atoms with Crippen molar-refractivity contribution in [1.29, 1.82) is 0 Å². The SMILES string of the molecule is COC(CCOc1ccccc1)C(C(C)=O)C(=O)O.COC(CCOc1ccccc1)CC(C)=O. The third-order valence-corrected chi connectivity index (χ3v) is 5.09. The Kier molecular flexibility index (Phi) is 14.7. The van der Waals surface area contributed by atoms with Crippen LogP contribution in [0, 0.1) is 5.92 Å². The Balaban J connectivity index is 0.000000355. The average molecular weight is 489 g/mol. The third-order valence-electron chi connectivity index (χ3n) is 5.09. The maximum Gasteiger partial charge on any atom is 0.316 e. The van der Waals surface area contributed by atoms with Crippen LogP contribution in [0.15, 0.2) is 60.7 Å². The normalized spacial score (nSPS) is 12.9. The van der Waals surface area contributed by atoms with Gasteiger partial charge in [-0.3, -0.25) is 14.4 Å². The molecule has 2 rings (SSSR count). The lowest BCUT2D eigenvalue weighted by molar-refractivity contribution is -0.151. The van der Waals surface area contributed by atoms with E-state index in [1.54, 1.807) is 14.0 Å². The Bertz CT molecular complexity index is 855. The van der Waals surface area contributed by atoms with E-state index >= 15 is 0 Å². The van der Waals surface area contributed by atoms with Crippen molar-refractivity contribution in [3.8, 4) is 11.5 Å². The minimum absolute atomic E-state index is 0.0405. The van der Waals surface area contributed by atoms with Gasteiger partial charge < -0.3 is 24.1 Å². The lowest BCUT2D eigenvalue weighted by Crippen LogP contribution is -2.36. The number of hydrogen-bond donors (Lipinski definition) is 1. The maximum atomic E-state index is 11.3. The van der Waals surface area contributed by atoms with Gasteiger partial charge in [0.1, 0.15) is 29.0 Å². The lowest BCUT2D eigenvalue weighted by atomic mass is 9.96. The Hall–Kier alpha value is -3.23. The molecule has 192 valence electrons. The van der Waals surface area contributed by atoms with Gasteiger partial charge in [-0.2, -0.15) is 0 Å². The summed E-state index contributed by atoms with van der Waals surface area (Å²) in [6, 6.07) is 18.8. The van der Waals surface area contributed by atoms with Gasteiger partial charge in [0.15, 0.2) is 0 Å². The highest BCUT2D eigenvalue weighted by Crippen LogP contribution is 2.15. The number of carboxylic acid groups (broad SMARTS) is 1. The van der Waals surface area contributed by atoms with Crippen LogP contribution in [0.25, 0.3) is 0 Å². The smallest absolute Gasteiger partial charge is 0.316 e. The first-order valence-corrected chi connectivity index (χ1v) is 11.4. The largest absolute Gasteiger partial charge is 0.493 e. The number of Topliss-reactive ketones (excluding diaryl/α,β-unsaturated/α-hetero) is 2. The summed E-state index contributed by atoms with van der Waals surface area (Å²) >= 11 is 0. The van der Waals surface area contributed by atoms with Crippen LogP contribution in [-0.4, -0.2) is 62.3 Å². The molecule has 0 aliphatic carbocycles. The highest BCUT2D eigenvalue weighted by molar-refractivity contribution is 5.97. The van der Waals surface area contributed by atoms with E-state index in [2.05, 4.69) is 0 Å². The quantitative estimate of drug-likeness (QED) is 0.372. The van der Waals surface area contributed by atoms with Crippen molar-refractivity contribution < 1.29 is 38.4 Å². The van der Waals surface area contributed by atoms with Crippen molar-refractivity contribution in [2.24, 2.45) is 5.92 Å². The van der Waals surface area contributed by atoms with Crippen molar-refractivity contribution in [1.82, 2.24) is 0 Å². The number of benzene rings is 2. The number of rotatable bonds is 15. The van der Waals surface area contributed by atoms with Crippen LogP contribution in [0.3, 0.4) is 0 Å². The number of carbonyl (C=O) groups excluding carboxylic acids is 2. The summed E-state index contributed by atoms with van der Waals surface area (Å²) in [6.45, 7) is 3.68. The van der Waals surface area contributed by atoms with Gasteiger partial charge in [-0.25, -0.2) is 0 Å². The Morgan fingerprint density at radius 1 is 0.771 bits per heavy atom. The maximum absolute atomic E-state index is 11.3. The number of carbonyl (C=O) groups is 3. The molecule has 1 N–H and O–H groups in total. The molecule has 3 atom stereocenters. The Morgan fingerprint density at radius 2 is 1.26 bits per heavy atom. The van der Waals surface area contributed by atoms with Crippen LogP contribution in [0.1, 0.15) is 33.1 Å².